The highest BCUT2D eigenvalue weighted by Gasteiger charge is 2.39. The Morgan fingerprint density at radius 2 is 1.82 bits per heavy atom. The fraction of sp³-hybridized carbons (Fsp3) is 0.462. The summed E-state index contributed by atoms with van der Waals surface area (Å²) in [5.74, 6) is -1.79. The molecule has 0 atom stereocenters. The monoisotopic (exact) mass is 355 g/mol. The molecule has 0 aliphatic heterocycles. The molecule has 0 aliphatic rings. The van der Waals surface area contributed by atoms with Gasteiger partial charge < -0.3 is 4.42 Å². The van der Waals surface area contributed by atoms with Crippen molar-refractivity contribution in [2.75, 3.05) is 5.75 Å². The molecule has 0 fully saturated rings. The first-order valence-electron chi connectivity index (χ1n) is 6.20. The predicted molar refractivity (Wildman–Crippen MR) is 75.8 cm³/mol. The van der Waals surface area contributed by atoms with Crippen LogP contribution in [0.25, 0.3) is 11.1 Å². The van der Waals surface area contributed by atoms with E-state index in [9.17, 15) is 21.6 Å². The summed E-state index contributed by atoms with van der Waals surface area (Å²) in [6.45, 7) is 5.34. The third-order valence-corrected chi connectivity index (χ3v) is 4.93. The third-order valence-electron chi connectivity index (χ3n) is 2.77. The van der Waals surface area contributed by atoms with Crippen molar-refractivity contribution in [1.29, 1.82) is 0 Å². The fourth-order valence-corrected chi connectivity index (χ4v) is 3.71. The third kappa shape index (κ3) is 3.38. The highest BCUT2D eigenvalue weighted by Crippen LogP contribution is 2.36. The molecule has 2 rings (SSSR count). The first-order chi connectivity index (χ1) is 9.81. The number of hydrogen-bond donors (Lipinski definition) is 0. The first-order valence-corrected chi connectivity index (χ1v) is 8.23. The molecule has 0 aliphatic carbocycles. The van der Waals surface area contributed by atoms with Crippen LogP contribution in [0.4, 0.5) is 13.2 Å². The van der Waals surface area contributed by atoms with Crippen molar-refractivity contribution in [2.24, 2.45) is 0 Å². The summed E-state index contributed by atoms with van der Waals surface area (Å²) in [6, 6.07) is 2.60. The van der Waals surface area contributed by atoms with Gasteiger partial charge in [0.1, 0.15) is 10.4 Å². The maximum atomic E-state index is 12.5. The largest absolute Gasteiger partial charge is 0.439 e. The number of benzene rings is 1. The zero-order chi connectivity index (χ0) is 16.9. The van der Waals surface area contributed by atoms with Gasteiger partial charge in [0.2, 0.25) is 5.89 Å². The van der Waals surface area contributed by atoms with Gasteiger partial charge in [0.15, 0.2) is 21.2 Å². The SMILES string of the molecule is CC(C)(C)c1nc2ccc(Cl)c(S(=O)(=O)CC(F)(F)F)c2o1. The molecule has 0 saturated heterocycles. The average Bonchev–Trinajstić information content (AvgIpc) is 2.67. The fourth-order valence-electron chi connectivity index (χ4n) is 1.84. The molecule has 122 valence electrons. The molecule has 0 radical (unpaired) electrons. The summed E-state index contributed by atoms with van der Waals surface area (Å²) in [5.41, 5.74) is -0.631. The molecule has 2 aromatic rings. The lowest BCUT2D eigenvalue weighted by Crippen LogP contribution is -2.23. The van der Waals surface area contributed by atoms with Crippen molar-refractivity contribution in [3.05, 3.63) is 23.0 Å². The van der Waals surface area contributed by atoms with Gasteiger partial charge in [-0.25, -0.2) is 13.4 Å². The minimum atomic E-state index is -4.88. The molecule has 22 heavy (non-hydrogen) atoms. The summed E-state index contributed by atoms with van der Waals surface area (Å²) >= 11 is 5.81. The Bertz CT molecular complexity index is 819. The number of hydrogen-bond acceptors (Lipinski definition) is 4. The number of alkyl halides is 3. The van der Waals surface area contributed by atoms with Crippen LogP contribution in [0.2, 0.25) is 5.02 Å². The first kappa shape index (κ1) is 17.1. The molecule has 1 aromatic heterocycles. The zero-order valence-electron chi connectivity index (χ0n) is 12.0. The smallest absolute Gasteiger partial charge is 0.403 e. The number of fused-ring (bicyclic) bond motifs is 1. The minimum Gasteiger partial charge on any atom is -0.439 e. The van der Waals surface area contributed by atoms with E-state index < -0.39 is 32.1 Å². The van der Waals surface area contributed by atoms with E-state index in [4.69, 9.17) is 16.0 Å². The molecule has 0 bridgehead atoms. The molecule has 0 N–H and O–H groups in total. The van der Waals surface area contributed by atoms with E-state index in [1.165, 1.54) is 12.1 Å². The van der Waals surface area contributed by atoms with Gasteiger partial charge in [0, 0.05) is 5.41 Å². The summed E-state index contributed by atoms with van der Waals surface area (Å²) in [5, 5.41) is -0.326. The number of oxazole rings is 1. The molecular weight excluding hydrogens is 343 g/mol. The zero-order valence-corrected chi connectivity index (χ0v) is 13.5. The maximum Gasteiger partial charge on any atom is 0.403 e. The molecule has 0 amide bonds. The lowest BCUT2D eigenvalue weighted by molar-refractivity contribution is -0.106. The molecule has 4 nitrogen and oxygen atoms in total. The van der Waals surface area contributed by atoms with Crippen molar-refractivity contribution in [1.82, 2.24) is 4.98 Å². The second-order valence-electron chi connectivity index (χ2n) is 5.87. The standard InChI is InChI=1S/C13H13ClF3NO3S/c1-12(2,3)11-18-8-5-4-7(14)10(9(8)21-11)22(19,20)6-13(15,16)17/h4-5H,6H2,1-3H3. The van der Waals surface area contributed by atoms with Gasteiger partial charge in [-0.1, -0.05) is 32.4 Å². The van der Waals surface area contributed by atoms with Gasteiger partial charge in [-0.15, -0.1) is 0 Å². The quantitative estimate of drug-likeness (QED) is 0.813. The van der Waals surface area contributed by atoms with Crippen molar-refractivity contribution >= 4 is 32.5 Å². The molecule has 1 aromatic carbocycles. The van der Waals surface area contributed by atoms with Crippen LogP contribution >= 0.6 is 11.6 Å². The van der Waals surface area contributed by atoms with Gasteiger partial charge in [-0.05, 0) is 12.1 Å². The summed E-state index contributed by atoms with van der Waals surface area (Å²) in [6.07, 6.45) is -4.88. The Balaban J connectivity index is 2.73. The number of rotatable bonds is 2. The van der Waals surface area contributed by atoms with E-state index in [-0.39, 0.29) is 22.0 Å². The highest BCUT2D eigenvalue weighted by molar-refractivity contribution is 7.91. The van der Waals surface area contributed by atoms with Crippen LogP contribution in [0.15, 0.2) is 21.4 Å². The van der Waals surface area contributed by atoms with Crippen LogP contribution in [-0.4, -0.2) is 25.3 Å². The van der Waals surface area contributed by atoms with Crippen LogP contribution in [0.1, 0.15) is 26.7 Å². The lowest BCUT2D eigenvalue weighted by Gasteiger charge is -2.12. The van der Waals surface area contributed by atoms with E-state index in [1.807, 2.05) is 0 Å². The van der Waals surface area contributed by atoms with Crippen molar-refractivity contribution in [3.8, 4) is 0 Å². The van der Waals surface area contributed by atoms with Gasteiger partial charge in [0.25, 0.3) is 0 Å². The average molecular weight is 356 g/mol. The van der Waals surface area contributed by atoms with E-state index in [2.05, 4.69) is 4.98 Å². The lowest BCUT2D eigenvalue weighted by atomic mass is 9.97. The molecule has 1 heterocycles. The Hall–Kier alpha value is -1.28. The molecule has 0 unspecified atom stereocenters. The summed E-state index contributed by atoms with van der Waals surface area (Å²) < 4.78 is 67.0. The van der Waals surface area contributed by atoms with Gasteiger partial charge >= 0.3 is 6.18 Å². The van der Waals surface area contributed by atoms with Crippen LogP contribution < -0.4 is 0 Å². The van der Waals surface area contributed by atoms with Crippen LogP contribution in [0.3, 0.4) is 0 Å². The second kappa shape index (κ2) is 5.13. The number of aromatic nitrogens is 1. The van der Waals surface area contributed by atoms with Crippen molar-refractivity contribution in [3.63, 3.8) is 0 Å². The Kier molecular flexibility index (Phi) is 3.98. The van der Waals surface area contributed by atoms with Crippen molar-refractivity contribution < 1.29 is 26.0 Å². The molecule has 0 saturated carbocycles. The molecule has 0 spiro atoms. The maximum absolute atomic E-state index is 12.5. The van der Waals surface area contributed by atoms with Crippen LogP contribution in [-0.2, 0) is 15.3 Å². The van der Waals surface area contributed by atoms with Crippen LogP contribution in [0.5, 0.6) is 0 Å². The van der Waals surface area contributed by atoms with E-state index in [0.717, 1.165) is 0 Å². The van der Waals surface area contributed by atoms with Crippen LogP contribution in [0, 0.1) is 0 Å². The Morgan fingerprint density at radius 3 is 2.32 bits per heavy atom. The van der Waals surface area contributed by atoms with E-state index in [0.29, 0.717) is 0 Å². The number of halogens is 4. The number of nitrogens with zero attached hydrogens (tertiary/aromatic N) is 1. The molecular formula is C13H13ClF3NO3S. The molecule has 9 heteroatoms. The predicted octanol–water partition coefficient (Wildman–Crippen LogP) is 4.11. The number of sulfone groups is 1. The minimum absolute atomic E-state index is 0.148. The normalized spacial score (nSPS) is 13.8. The van der Waals surface area contributed by atoms with Gasteiger partial charge in [0.05, 0.1) is 5.02 Å². The Morgan fingerprint density at radius 1 is 1.23 bits per heavy atom. The topological polar surface area (TPSA) is 60.2 Å². The van der Waals surface area contributed by atoms with Crippen molar-refractivity contribution in [2.45, 2.75) is 37.3 Å². The highest BCUT2D eigenvalue weighted by atomic mass is 35.5. The van der Waals surface area contributed by atoms with Gasteiger partial charge in [-0.3, -0.25) is 0 Å². The summed E-state index contributed by atoms with van der Waals surface area (Å²) in [7, 11) is -4.70. The second-order valence-corrected chi connectivity index (χ2v) is 8.20. The summed E-state index contributed by atoms with van der Waals surface area (Å²) in [4.78, 5) is 3.45. The van der Waals surface area contributed by atoms with E-state index in [1.54, 1.807) is 20.8 Å². The Labute approximate surface area is 130 Å². The van der Waals surface area contributed by atoms with E-state index >= 15 is 0 Å². The van der Waals surface area contributed by atoms with Gasteiger partial charge in [-0.2, -0.15) is 13.2 Å².